The first-order valence-electron chi connectivity index (χ1n) is 7.24. The lowest BCUT2D eigenvalue weighted by atomic mass is 9.90. The quantitative estimate of drug-likeness (QED) is 0.874. The van der Waals surface area contributed by atoms with E-state index in [-0.39, 0.29) is 12.2 Å². The van der Waals surface area contributed by atoms with E-state index in [0.717, 1.165) is 22.3 Å². The summed E-state index contributed by atoms with van der Waals surface area (Å²) in [6.07, 6.45) is -0.0706. The molecule has 0 amide bonds. The number of aryl methyl sites for hydroxylation is 1. The number of carboxylic acid groups (broad SMARTS) is 1. The van der Waals surface area contributed by atoms with E-state index in [9.17, 15) is 9.59 Å². The fourth-order valence-electron chi connectivity index (χ4n) is 2.63. The van der Waals surface area contributed by atoms with Crippen molar-refractivity contribution in [2.24, 2.45) is 0 Å². The normalized spacial score (nSPS) is 10.5. The smallest absolute Gasteiger partial charge is 0.307 e. The van der Waals surface area contributed by atoms with E-state index < -0.39 is 5.97 Å². The molecule has 0 heterocycles. The Bertz CT molecular complexity index is 758. The minimum Gasteiger partial charge on any atom is -0.481 e. The summed E-state index contributed by atoms with van der Waals surface area (Å²) in [4.78, 5) is 23.8. The number of carbonyl (C=O) groups excluding carboxylic acids is 1. The van der Waals surface area contributed by atoms with Gasteiger partial charge >= 0.3 is 5.97 Å². The summed E-state index contributed by atoms with van der Waals surface area (Å²) >= 11 is 0. The first kappa shape index (κ1) is 16.0. The monoisotopic (exact) mass is 296 g/mol. The van der Waals surface area contributed by atoms with E-state index in [4.69, 9.17) is 5.11 Å². The second-order valence-corrected chi connectivity index (χ2v) is 5.67. The molecule has 3 heteroatoms. The number of benzene rings is 2. The van der Waals surface area contributed by atoms with Gasteiger partial charge in [0.1, 0.15) is 0 Å². The molecule has 2 aromatic rings. The summed E-state index contributed by atoms with van der Waals surface area (Å²) in [6.45, 7) is 7.79. The van der Waals surface area contributed by atoms with Crippen molar-refractivity contribution < 1.29 is 14.7 Å². The Labute approximate surface area is 130 Å². The Balaban J connectivity index is 2.51. The summed E-state index contributed by atoms with van der Waals surface area (Å²) in [5.74, 6) is -0.944. The third-order valence-electron chi connectivity index (χ3n) is 4.33. The highest BCUT2D eigenvalue weighted by Gasteiger charge is 2.17. The van der Waals surface area contributed by atoms with Crippen LogP contribution in [0.2, 0.25) is 0 Å². The summed E-state index contributed by atoms with van der Waals surface area (Å²) in [5, 5.41) is 8.96. The number of ketones is 1. The first-order chi connectivity index (χ1) is 10.3. The number of hydrogen-bond acceptors (Lipinski definition) is 2. The second-order valence-electron chi connectivity index (χ2n) is 5.67. The number of rotatable bonds is 4. The Morgan fingerprint density at radius 1 is 0.864 bits per heavy atom. The Morgan fingerprint density at radius 2 is 1.50 bits per heavy atom. The van der Waals surface area contributed by atoms with Gasteiger partial charge in [0.05, 0.1) is 6.42 Å². The van der Waals surface area contributed by atoms with Gasteiger partial charge in [-0.25, -0.2) is 0 Å². The molecule has 3 nitrogen and oxygen atoms in total. The molecule has 0 aliphatic rings. The van der Waals surface area contributed by atoms with Crippen LogP contribution in [0.5, 0.6) is 0 Å². The molecule has 0 aromatic heterocycles. The third kappa shape index (κ3) is 2.93. The van der Waals surface area contributed by atoms with Crippen molar-refractivity contribution in [3.05, 3.63) is 69.3 Å². The standard InChI is InChI=1S/C19H20O3/c1-11-8-9-17(13(3)12(11)2)19(22)16-7-5-6-15(14(16)4)10-18(20)21/h5-9H,10H2,1-4H3,(H,20,21). The molecule has 0 saturated heterocycles. The molecule has 0 aliphatic carbocycles. The summed E-state index contributed by atoms with van der Waals surface area (Å²) in [6, 6.07) is 9.06. The molecule has 0 spiro atoms. The van der Waals surface area contributed by atoms with Gasteiger partial charge < -0.3 is 5.11 Å². The summed E-state index contributed by atoms with van der Waals surface area (Å²) < 4.78 is 0. The highest BCUT2D eigenvalue weighted by atomic mass is 16.4. The van der Waals surface area contributed by atoms with Crippen LogP contribution in [0.15, 0.2) is 30.3 Å². The molecule has 0 bridgehead atoms. The molecule has 0 aliphatic heterocycles. The maximum absolute atomic E-state index is 12.8. The average Bonchev–Trinajstić information content (AvgIpc) is 2.46. The molecule has 114 valence electrons. The SMILES string of the molecule is Cc1ccc(C(=O)c2cccc(CC(=O)O)c2C)c(C)c1C. The van der Waals surface area contributed by atoms with Crippen molar-refractivity contribution in [3.63, 3.8) is 0 Å². The van der Waals surface area contributed by atoms with E-state index in [1.54, 1.807) is 18.2 Å². The molecule has 0 saturated carbocycles. The minimum atomic E-state index is -0.893. The fourth-order valence-corrected chi connectivity index (χ4v) is 2.63. The van der Waals surface area contributed by atoms with E-state index in [1.807, 2.05) is 39.8 Å². The van der Waals surface area contributed by atoms with Crippen molar-refractivity contribution in [1.82, 2.24) is 0 Å². The lowest BCUT2D eigenvalue weighted by molar-refractivity contribution is -0.136. The molecule has 0 unspecified atom stereocenters. The summed E-state index contributed by atoms with van der Waals surface area (Å²) in [7, 11) is 0. The minimum absolute atomic E-state index is 0.0506. The average molecular weight is 296 g/mol. The molecule has 0 atom stereocenters. The Morgan fingerprint density at radius 3 is 2.14 bits per heavy atom. The molecule has 2 aromatic carbocycles. The zero-order chi connectivity index (χ0) is 16.4. The largest absolute Gasteiger partial charge is 0.481 e. The van der Waals surface area contributed by atoms with Gasteiger partial charge in [0.25, 0.3) is 0 Å². The van der Waals surface area contributed by atoms with Gasteiger partial charge in [-0.1, -0.05) is 30.3 Å². The molecule has 0 radical (unpaired) electrons. The van der Waals surface area contributed by atoms with Crippen LogP contribution in [-0.2, 0) is 11.2 Å². The lowest BCUT2D eigenvalue weighted by Gasteiger charge is -2.13. The van der Waals surface area contributed by atoms with Gasteiger partial charge in [-0.3, -0.25) is 9.59 Å². The van der Waals surface area contributed by atoms with Crippen LogP contribution >= 0.6 is 0 Å². The molecule has 0 fully saturated rings. The highest BCUT2D eigenvalue weighted by molar-refractivity contribution is 6.11. The Kier molecular flexibility index (Phi) is 4.45. The zero-order valence-corrected chi connectivity index (χ0v) is 13.4. The zero-order valence-electron chi connectivity index (χ0n) is 13.4. The predicted molar refractivity (Wildman–Crippen MR) is 86.6 cm³/mol. The van der Waals surface area contributed by atoms with Crippen LogP contribution in [0, 0.1) is 27.7 Å². The highest BCUT2D eigenvalue weighted by Crippen LogP contribution is 2.23. The van der Waals surface area contributed by atoms with E-state index in [0.29, 0.717) is 16.7 Å². The maximum Gasteiger partial charge on any atom is 0.307 e. The van der Waals surface area contributed by atoms with Crippen LogP contribution in [0.4, 0.5) is 0 Å². The third-order valence-corrected chi connectivity index (χ3v) is 4.33. The van der Waals surface area contributed by atoms with Crippen LogP contribution in [0.25, 0.3) is 0 Å². The van der Waals surface area contributed by atoms with Gasteiger partial charge in [-0.15, -0.1) is 0 Å². The van der Waals surface area contributed by atoms with Crippen molar-refractivity contribution in [3.8, 4) is 0 Å². The Hall–Kier alpha value is -2.42. The topological polar surface area (TPSA) is 54.4 Å². The van der Waals surface area contributed by atoms with Crippen molar-refractivity contribution in [2.45, 2.75) is 34.1 Å². The molecule has 1 N–H and O–H groups in total. The molecular formula is C19H20O3. The van der Waals surface area contributed by atoms with Gasteiger partial charge in [0.2, 0.25) is 0 Å². The summed E-state index contributed by atoms with van der Waals surface area (Å²) in [5.41, 5.74) is 5.93. The van der Waals surface area contributed by atoms with Crippen molar-refractivity contribution in [2.75, 3.05) is 0 Å². The van der Waals surface area contributed by atoms with Crippen LogP contribution in [0.3, 0.4) is 0 Å². The van der Waals surface area contributed by atoms with Crippen molar-refractivity contribution in [1.29, 1.82) is 0 Å². The first-order valence-corrected chi connectivity index (χ1v) is 7.24. The van der Waals surface area contributed by atoms with Gasteiger partial charge in [-0.2, -0.15) is 0 Å². The molecule has 2 rings (SSSR count). The van der Waals surface area contributed by atoms with Crippen molar-refractivity contribution >= 4 is 11.8 Å². The predicted octanol–water partition coefficient (Wildman–Crippen LogP) is 3.78. The fraction of sp³-hybridized carbons (Fsp3) is 0.263. The van der Waals surface area contributed by atoms with E-state index >= 15 is 0 Å². The number of carbonyl (C=O) groups is 2. The van der Waals surface area contributed by atoms with Crippen LogP contribution < -0.4 is 0 Å². The van der Waals surface area contributed by atoms with Gasteiger partial charge in [0.15, 0.2) is 5.78 Å². The van der Waals surface area contributed by atoms with Gasteiger partial charge in [0, 0.05) is 11.1 Å². The molecule has 22 heavy (non-hydrogen) atoms. The second kappa shape index (κ2) is 6.14. The van der Waals surface area contributed by atoms with E-state index in [2.05, 4.69) is 0 Å². The number of hydrogen-bond donors (Lipinski definition) is 1. The van der Waals surface area contributed by atoms with Crippen LogP contribution in [-0.4, -0.2) is 16.9 Å². The lowest BCUT2D eigenvalue weighted by Crippen LogP contribution is -2.10. The maximum atomic E-state index is 12.8. The number of aliphatic carboxylic acids is 1. The van der Waals surface area contributed by atoms with E-state index in [1.165, 1.54) is 0 Å². The molecular weight excluding hydrogens is 276 g/mol. The van der Waals surface area contributed by atoms with Crippen LogP contribution in [0.1, 0.15) is 43.7 Å². The number of carboxylic acids is 1. The van der Waals surface area contributed by atoms with Gasteiger partial charge in [-0.05, 0) is 55.5 Å².